The SMILES string of the molecule is Cc1cc(Cc2nn(C)c(C(F)(F)CF)c2C(=O)NC(C)c2ccc(C(=O)O)cc2F)ccc1Cl. The van der Waals surface area contributed by atoms with Crippen molar-refractivity contribution in [3.05, 3.63) is 86.4 Å². The summed E-state index contributed by atoms with van der Waals surface area (Å²) >= 11 is 6.04. The first-order valence-corrected chi connectivity index (χ1v) is 10.8. The van der Waals surface area contributed by atoms with Crippen molar-refractivity contribution in [3.8, 4) is 0 Å². The normalized spacial score (nSPS) is 12.5. The number of aromatic nitrogens is 2. The van der Waals surface area contributed by atoms with Gasteiger partial charge in [0.15, 0.2) is 6.67 Å². The van der Waals surface area contributed by atoms with Gasteiger partial charge in [-0.15, -0.1) is 0 Å². The summed E-state index contributed by atoms with van der Waals surface area (Å²) in [4.78, 5) is 24.2. The summed E-state index contributed by atoms with van der Waals surface area (Å²) in [6, 6.07) is 7.10. The Kier molecular flexibility index (Phi) is 7.54. The van der Waals surface area contributed by atoms with Gasteiger partial charge >= 0.3 is 11.9 Å². The summed E-state index contributed by atoms with van der Waals surface area (Å²) in [7, 11) is 1.18. The number of alkyl halides is 3. The van der Waals surface area contributed by atoms with Crippen molar-refractivity contribution in [1.82, 2.24) is 15.1 Å². The number of amides is 1. The molecular weight excluding hydrogens is 490 g/mol. The molecule has 0 radical (unpaired) electrons. The number of aryl methyl sites for hydroxylation is 2. The van der Waals surface area contributed by atoms with Gasteiger partial charge < -0.3 is 10.4 Å². The fourth-order valence-electron chi connectivity index (χ4n) is 3.79. The summed E-state index contributed by atoms with van der Waals surface area (Å²) in [5.41, 5.74) is -0.428. The van der Waals surface area contributed by atoms with Crippen LogP contribution in [0.15, 0.2) is 36.4 Å². The molecule has 0 fully saturated rings. The second-order valence-corrected chi connectivity index (χ2v) is 8.54. The Morgan fingerprint density at radius 3 is 2.49 bits per heavy atom. The molecule has 2 N–H and O–H groups in total. The Morgan fingerprint density at radius 1 is 1.23 bits per heavy atom. The number of carboxylic acid groups (broad SMARTS) is 1. The number of carbonyl (C=O) groups is 2. The molecule has 0 saturated carbocycles. The number of nitrogens with zero attached hydrogens (tertiary/aromatic N) is 2. The van der Waals surface area contributed by atoms with Crippen molar-refractivity contribution >= 4 is 23.5 Å². The molecule has 3 aromatic rings. The molecule has 0 bridgehead atoms. The zero-order valence-corrected chi connectivity index (χ0v) is 19.8. The van der Waals surface area contributed by atoms with Crippen LogP contribution in [0.5, 0.6) is 0 Å². The van der Waals surface area contributed by atoms with E-state index in [1.807, 2.05) is 0 Å². The molecule has 0 aliphatic rings. The molecule has 0 aliphatic heterocycles. The molecule has 35 heavy (non-hydrogen) atoms. The number of halogens is 5. The van der Waals surface area contributed by atoms with Gasteiger partial charge in [-0.05, 0) is 43.2 Å². The molecule has 186 valence electrons. The van der Waals surface area contributed by atoms with E-state index >= 15 is 0 Å². The van der Waals surface area contributed by atoms with Crippen molar-refractivity contribution in [2.24, 2.45) is 7.05 Å². The number of hydrogen-bond donors (Lipinski definition) is 2. The topological polar surface area (TPSA) is 84.2 Å². The quantitative estimate of drug-likeness (QED) is 0.399. The fourth-order valence-corrected chi connectivity index (χ4v) is 3.91. The minimum atomic E-state index is -4.00. The Bertz CT molecular complexity index is 1290. The van der Waals surface area contributed by atoms with Crippen LogP contribution >= 0.6 is 11.6 Å². The van der Waals surface area contributed by atoms with E-state index in [1.165, 1.54) is 20.0 Å². The van der Waals surface area contributed by atoms with Gasteiger partial charge in [-0.2, -0.15) is 13.9 Å². The van der Waals surface area contributed by atoms with Crippen LogP contribution in [0.2, 0.25) is 5.02 Å². The first kappa shape index (κ1) is 26.2. The van der Waals surface area contributed by atoms with E-state index in [4.69, 9.17) is 16.7 Å². The van der Waals surface area contributed by atoms with Gasteiger partial charge in [0, 0.05) is 24.1 Å². The standard InChI is InChI=1S/C24H22ClF4N3O3/c1-12-8-14(4-7-17(12)25)9-19-20(21(32(3)31-19)24(28,29)11-26)22(33)30-13(2)16-6-5-15(23(34)35)10-18(16)27/h4-8,10,13H,9,11H2,1-3H3,(H,30,33)(H,34,35). The summed E-state index contributed by atoms with van der Waals surface area (Å²) in [5, 5.41) is 16.0. The molecule has 1 unspecified atom stereocenters. The van der Waals surface area contributed by atoms with E-state index < -0.39 is 47.6 Å². The molecule has 3 rings (SSSR count). The first-order chi connectivity index (χ1) is 16.4. The Balaban J connectivity index is 2.01. The van der Waals surface area contributed by atoms with E-state index in [1.54, 1.807) is 25.1 Å². The van der Waals surface area contributed by atoms with Gasteiger partial charge in [0.2, 0.25) is 0 Å². The van der Waals surface area contributed by atoms with Crippen molar-refractivity contribution in [3.63, 3.8) is 0 Å². The van der Waals surface area contributed by atoms with Crippen molar-refractivity contribution in [1.29, 1.82) is 0 Å². The Hall–Kier alpha value is -3.40. The van der Waals surface area contributed by atoms with Crippen LogP contribution in [-0.4, -0.2) is 33.4 Å². The average Bonchev–Trinajstić information content (AvgIpc) is 3.12. The van der Waals surface area contributed by atoms with Gasteiger partial charge in [0.05, 0.1) is 22.9 Å². The number of nitrogens with one attached hydrogen (secondary N) is 1. The lowest BCUT2D eigenvalue weighted by Crippen LogP contribution is -2.31. The largest absolute Gasteiger partial charge is 0.478 e. The highest BCUT2D eigenvalue weighted by atomic mass is 35.5. The molecular formula is C24H22ClF4N3O3. The molecule has 2 aromatic carbocycles. The lowest BCUT2D eigenvalue weighted by atomic mass is 10.00. The van der Waals surface area contributed by atoms with Crippen LogP contribution in [0.25, 0.3) is 0 Å². The van der Waals surface area contributed by atoms with Crippen LogP contribution in [0.4, 0.5) is 17.6 Å². The summed E-state index contributed by atoms with van der Waals surface area (Å²) in [5.74, 6) is -7.23. The van der Waals surface area contributed by atoms with E-state index in [2.05, 4.69) is 10.4 Å². The maximum atomic E-state index is 14.5. The van der Waals surface area contributed by atoms with Crippen molar-refractivity contribution in [2.75, 3.05) is 6.67 Å². The van der Waals surface area contributed by atoms with Gasteiger partial charge in [-0.25, -0.2) is 13.6 Å². The summed E-state index contributed by atoms with van der Waals surface area (Å²) in [6.07, 6.45) is -0.0208. The second kappa shape index (κ2) is 10.1. The Morgan fingerprint density at radius 2 is 1.91 bits per heavy atom. The molecule has 0 aliphatic carbocycles. The summed E-state index contributed by atoms with van der Waals surface area (Å²) < 4.78 is 57.6. The van der Waals surface area contributed by atoms with Crippen LogP contribution in [0, 0.1) is 12.7 Å². The predicted octanol–water partition coefficient (Wildman–Crippen LogP) is 5.36. The molecule has 0 spiro atoms. The zero-order valence-electron chi connectivity index (χ0n) is 19.0. The van der Waals surface area contributed by atoms with Gasteiger partial charge in [0.25, 0.3) is 5.91 Å². The van der Waals surface area contributed by atoms with Crippen LogP contribution in [-0.2, 0) is 19.4 Å². The number of benzene rings is 2. The van der Waals surface area contributed by atoms with E-state index in [0.29, 0.717) is 10.6 Å². The lowest BCUT2D eigenvalue weighted by molar-refractivity contribution is -0.0360. The maximum absolute atomic E-state index is 14.5. The minimum Gasteiger partial charge on any atom is -0.478 e. The monoisotopic (exact) mass is 511 g/mol. The number of aromatic carboxylic acids is 1. The van der Waals surface area contributed by atoms with Crippen LogP contribution in [0.1, 0.15) is 61.8 Å². The van der Waals surface area contributed by atoms with Gasteiger partial charge in [0.1, 0.15) is 11.5 Å². The van der Waals surface area contributed by atoms with E-state index in [9.17, 15) is 27.2 Å². The van der Waals surface area contributed by atoms with Crippen LogP contribution in [0.3, 0.4) is 0 Å². The van der Waals surface area contributed by atoms with Crippen molar-refractivity contribution in [2.45, 2.75) is 32.2 Å². The molecule has 1 atom stereocenters. The van der Waals surface area contributed by atoms with E-state index in [-0.39, 0.29) is 23.2 Å². The third kappa shape index (κ3) is 5.48. The first-order valence-electron chi connectivity index (χ1n) is 10.4. The molecule has 1 heterocycles. The van der Waals surface area contributed by atoms with Crippen LogP contribution < -0.4 is 5.32 Å². The highest BCUT2D eigenvalue weighted by molar-refractivity contribution is 6.31. The molecule has 0 saturated heterocycles. The second-order valence-electron chi connectivity index (χ2n) is 8.13. The maximum Gasteiger partial charge on any atom is 0.335 e. The van der Waals surface area contributed by atoms with Gasteiger partial charge in [-0.3, -0.25) is 9.48 Å². The molecule has 6 nitrogen and oxygen atoms in total. The molecule has 1 aromatic heterocycles. The fraction of sp³-hybridized carbons (Fsp3) is 0.292. The highest BCUT2D eigenvalue weighted by Crippen LogP contribution is 2.34. The molecule has 11 heteroatoms. The predicted molar refractivity (Wildman–Crippen MR) is 121 cm³/mol. The Labute approximate surface area is 203 Å². The zero-order chi connectivity index (χ0) is 26.1. The third-order valence-electron chi connectivity index (χ3n) is 5.52. The number of hydrogen-bond acceptors (Lipinski definition) is 3. The highest BCUT2D eigenvalue weighted by Gasteiger charge is 2.41. The lowest BCUT2D eigenvalue weighted by Gasteiger charge is -2.18. The minimum absolute atomic E-state index is 0.0208. The third-order valence-corrected chi connectivity index (χ3v) is 5.94. The van der Waals surface area contributed by atoms with Crippen molar-refractivity contribution < 1.29 is 32.3 Å². The smallest absolute Gasteiger partial charge is 0.335 e. The molecule has 1 amide bonds. The number of rotatable bonds is 8. The summed E-state index contributed by atoms with van der Waals surface area (Å²) in [6.45, 7) is 1.11. The van der Waals surface area contributed by atoms with E-state index in [0.717, 1.165) is 22.4 Å². The van der Waals surface area contributed by atoms with Gasteiger partial charge in [-0.1, -0.05) is 29.8 Å². The number of carbonyl (C=O) groups excluding carboxylic acids is 1. The average molecular weight is 512 g/mol. The number of carboxylic acids is 1.